The normalized spacial score (nSPS) is 17.3. The summed E-state index contributed by atoms with van der Waals surface area (Å²) in [5, 5.41) is 7.37. The Bertz CT molecular complexity index is 434. The first kappa shape index (κ1) is 14.0. The van der Waals surface area contributed by atoms with Crippen molar-refractivity contribution in [3.05, 3.63) is 22.4 Å². The van der Waals surface area contributed by atoms with Gasteiger partial charge < -0.3 is 5.32 Å². The van der Waals surface area contributed by atoms with Crippen LogP contribution in [0.2, 0.25) is 0 Å². The SMILES string of the molecule is O=S(=O)(CCNCCc1ccsc1)C1CCCC1. The molecule has 0 bridgehead atoms. The summed E-state index contributed by atoms with van der Waals surface area (Å²) in [5.41, 5.74) is 1.33. The molecular formula is C13H21NO2S2. The van der Waals surface area contributed by atoms with Crippen molar-refractivity contribution >= 4 is 21.2 Å². The van der Waals surface area contributed by atoms with Crippen molar-refractivity contribution in [1.82, 2.24) is 5.32 Å². The molecule has 2 rings (SSSR count). The molecule has 1 aliphatic carbocycles. The fraction of sp³-hybridized carbons (Fsp3) is 0.692. The van der Waals surface area contributed by atoms with Crippen LogP contribution >= 0.6 is 11.3 Å². The predicted octanol–water partition coefficient (Wildman–Crippen LogP) is 2.24. The lowest BCUT2D eigenvalue weighted by atomic mass is 10.2. The number of rotatable bonds is 7. The molecule has 0 atom stereocenters. The average molecular weight is 287 g/mol. The molecule has 0 spiro atoms. The molecule has 5 heteroatoms. The van der Waals surface area contributed by atoms with E-state index in [0.29, 0.717) is 12.3 Å². The second-order valence-electron chi connectivity index (χ2n) is 4.91. The fourth-order valence-electron chi connectivity index (χ4n) is 2.42. The summed E-state index contributed by atoms with van der Waals surface area (Å²) in [6, 6.07) is 2.11. The zero-order valence-corrected chi connectivity index (χ0v) is 12.2. The third-order valence-electron chi connectivity index (χ3n) is 3.54. The molecule has 0 radical (unpaired) electrons. The van der Waals surface area contributed by atoms with E-state index in [1.165, 1.54) is 5.56 Å². The Balaban J connectivity index is 1.62. The molecule has 1 aromatic heterocycles. The Labute approximate surface area is 114 Å². The molecule has 0 amide bonds. The molecule has 18 heavy (non-hydrogen) atoms. The maximum atomic E-state index is 12.0. The van der Waals surface area contributed by atoms with Gasteiger partial charge in [0.05, 0.1) is 11.0 Å². The van der Waals surface area contributed by atoms with Gasteiger partial charge in [0, 0.05) is 6.54 Å². The Kier molecular flexibility index (Phi) is 5.21. The van der Waals surface area contributed by atoms with Gasteiger partial charge in [0.15, 0.2) is 9.84 Å². The Morgan fingerprint density at radius 2 is 2.06 bits per heavy atom. The highest BCUT2D eigenvalue weighted by Gasteiger charge is 2.27. The summed E-state index contributed by atoms with van der Waals surface area (Å²) < 4.78 is 24.0. The van der Waals surface area contributed by atoms with E-state index in [4.69, 9.17) is 0 Å². The van der Waals surface area contributed by atoms with Crippen LogP contribution in [0.1, 0.15) is 31.2 Å². The molecule has 1 N–H and O–H groups in total. The lowest BCUT2D eigenvalue weighted by Crippen LogP contribution is -2.29. The minimum Gasteiger partial charge on any atom is -0.315 e. The molecule has 102 valence electrons. The largest absolute Gasteiger partial charge is 0.315 e. The molecule has 1 aromatic rings. The standard InChI is InChI=1S/C13H21NO2S2/c15-18(16,13-3-1-2-4-13)10-8-14-7-5-12-6-9-17-11-12/h6,9,11,13-14H,1-5,7-8,10H2. The van der Waals surface area contributed by atoms with Crippen molar-refractivity contribution in [1.29, 1.82) is 0 Å². The number of thiophene rings is 1. The molecule has 1 fully saturated rings. The molecule has 1 aliphatic rings. The number of nitrogens with one attached hydrogen (secondary N) is 1. The van der Waals surface area contributed by atoms with Crippen molar-refractivity contribution in [3.63, 3.8) is 0 Å². The monoisotopic (exact) mass is 287 g/mol. The van der Waals surface area contributed by atoms with Crippen LogP contribution in [0.5, 0.6) is 0 Å². The van der Waals surface area contributed by atoms with Gasteiger partial charge in [0.25, 0.3) is 0 Å². The van der Waals surface area contributed by atoms with E-state index in [1.807, 2.05) is 0 Å². The zero-order valence-electron chi connectivity index (χ0n) is 10.6. The molecular weight excluding hydrogens is 266 g/mol. The second kappa shape index (κ2) is 6.68. The van der Waals surface area contributed by atoms with Crippen molar-refractivity contribution in [3.8, 4) is 0 Å². The lowest BCUT2D eigenvalue weighted by molar-refractivity contribution is 0.575. The first-order valence-corrected chi connectivity index (χ1v) is 9.28. The first-order valence-electron chi connectivity index (χ1n) is 6.62. The van der Waals surface area contributed by atoms with Crippen LogP contribution in [0.15, 0.2) is 16.8 Å². The minimum absolute atomic E-state index is 0.0591. The lowest BCUT2D eigenvalue weighted by Gasteiger charge is -2.11. The molecule has 1 heterocycles. The summed E-state index contributed by atoms with van der Waals surface area (Å²) in [7, 11) is -2.85. The van der Waals surface area contributed by atoms with Crippen LogP contribution in [0.25, 0.3) is 0 Å². The first-order chi connectivity index (χ1) is 8.68. The third-order valence-corrected chi connectivity index (χ3v) is 6.54. The van der Waals surface area contributed by atoms with E-state index in [-0.39, 0.29) is 5.25 Å². The van der Waals surface area contributed by atoms with Crippen LogP contribution in [0.4, 0.5) is 0 Å². The molecule has 1 saturated carbocycles. The highest BCUT2D eigenvalue weighted by molar-refractivity contribution is 7.92. The minimum atomic E-state index is -2.85. The van der Waals surface area contributed by atoms with Gasteiger partial charge in [0.1, 0.15) is 0 Å². The van der Waals surface area contributed by atoms with Crippen LogP contribution in [0.3, 0.4) is 0 Å². The average Bonchev–Trinajstić information content (AvgIpc) is 3.02. The van der Waals surface area contributed by atoms with Crippen LogP contribution in [0, 0.1) is 0 Å². The molecule has 0 saturated heterocycles. The van der Waals surface area contributed by atoms with E-state index in [2.05, 4.69) is 22.1 Å². The van der Waals surface area contributed by atoms with Crippen molar-refractivity contribution in [2.45, 2.75) is 37.4 Å². The van der Waals surface area contributed by atoms with E-state index in [0.717, 1.165) is 38.6 Å². The van der Waals surface area contributed by atoms with Crippen LogP contribution in [-0.2, 0) is 16.3 Å². The van der Waals surface area contributed by atoms with Gasteiger partial charge in [-0.25, -0.2) is 8.42 Å². The Hall–Kier alpha value is -0.390. The highest BCUT2D eigenvalue weighted by atomic mass is 32.2. The smallest absolute Gasteiger partial charge is 0.154 e. The molecule has 0 aromatic carbocycles. The van der Waals surface area contributed by atoms with Crippen LogP contribution in [-0.4, -0.2) is 32.5 Å². The summed E-state index contributed by atoms with van der Waals surface area (Å²) in [6.45, 7) is 1.44. The quantitative estimate of drug-likeness (QED) is 0.782. The Morgan fingerprint density at radius 1 is 1.28 bits per heavy atom. The van der Waals surface area contributed by atoms with Crippen molar-refractivity contribution in [2.24, 2.45) is 0 Å². The van der Waals surface area contributed by atoms with E-state index in [9.17, 15) is 8.42 Å². The number of sulfone groups is 1. The van der Waals surface area contributed by atoms with Gasteiger partial charge in [-0.1, -0.05) is 12.8 Å². The molecule has 0 aliphatic heterocycles. The number of hydrogen-bond acceptors (Lipinski definition) is 4. The summed E-state index contributed by atoms with van der Waals surface area (Å²) in [5.74, 6) is 0.293. The molecule has 0 unspecified atom stereocenters. The summed E-state index contributed by atoms with van der Waals surface area (Å²) in [6.07, 6.45) is 4.88. The van der Waals surface area contributed by atoms with E-state index in [1.54, 1.807) is 11.3 Å². The topological polar surface area (TPSA) is 46.2 Å². The van der Waals surface area contributed by atoms with Gasteiger partial charge >= 0.3 is 0 Å². The van der Waals surface area contributed by atoms with Crippen molar-refractivity contribution in [2.75, 3.05) is 18.8 Å². The van der Waals surface area contributed by atoms with Gasteiger partial charge in [-0.05, 0) is 48.2 Å². The molecule has 3 nitrogen and oxygen atoms in total. The van der Waals surface area contributed by atoms with E-state index >= 15 is 0 Å². The highest BCUT2D eigenvalue weighted by Crippen LogP contribution is 2.24. The summed E-state index contributed by atoms with van der Waals surface area (Å²) >= 11 is 1.70. The predicted molar refractivity (Wildman–Crippen MR) is 76.9 cm³/mol. The maximum Gasteiger partial charge on any atom is 0.154 e. The van der Waals surface area contributed by atoms with Crippen molar-refractivity contribution < 1.29 is 8.42 Å². The van der Waals surface area contributed by atoms with Gasteiger partial charge in [0.2, 0.25) is 0 Å². The third kappa shape index (κ3) is 4.07. The van der Waals surface area contributed by atoms with E-state index < -0.39 is 9.84 Å². The summed E-state index contributed by atoms with van der Waals surface area (Å²) in [4.78, 5) is 0. The van der Waals surface area contributed by atoms with Gasteiger partial charge in [-0.15, -0.1) is 0 Å². The Morgan fingerprint density at radius 3 is 2.72 bits per heavy atom. The zero-order chi connectivity index (χ0) is 12.8. The van der Waals surface area contributed by atoms with Crippen LogP contribution < -0.4 is 5.32 Å². The fourth-order valence-corrected chi connectivity index (χ4v) is 4.94. The number of hydrogen-bond donors (Lipinski definition) is 1. The second-order valence-corrected chi connectivity index (χ2v) is 8.09. The van der Waals surface area contributed by atoms with Gasteiger partial charge in [-0.3, -0.25) is 0 Å². The van der Waals surface area contributed by atoms with Gasteiger partial charge in [-0.2, -0.15) is 11.3 Å². The maximum absolute atomic E-state index is 12.0.